The van der Waals surface area contributed by atoms with Crippen LogP contribution in [0.3, 0.4) is 0 Å². The highest BCUT2D eigenvalue weighted by atomic mass is 16.5. The molecule has 0 aliphatic heterocycles. The molecule has 25 heavy (non-hydrogen) atoms. The third-order valence-corrected chi connectivity index (χ3v) is 4.10. The van der Waals surface area contributed by atoms with Crippen molar-refractivity contribution in [3.05, 3.63) is 108 Å². The van der Waals surface area contributed by atoms with Crippen LogP contribution in [0.25, 0.3) is 0 Å². The third kappa shape index (κ3) is 4.94. The lowest BCUT2D eigenvalue weighted by atomic mass is 9.98. The summed E-state index contributed by atoms with van der Waals surface area (Å²) in [4.78, 5) is 0. The fraction of sp³-hybridized carbons (Fsp3) is 0.174. The highest BCUT2D eigenvalue weighted by Crippen LogP contribution is 2.28. The number of aliphatic hydroxyl groups excluding tert-OH is 1. The molecule has 0 spiro atoms. The molecule has 127 valence electrons. The topological polar surface area (TPSA) is 29.5 Å². The van der Waals surface area contributed by atoms with Gasteiger partial charge in [0.2, 0.25) is 0 Å². The van der Waals surface area contributed by atoms with Gasteiger partial charge in [0, 0.05) is 12.8 Å². The van der Waals surface area contributed by atoms with Gasteiger partial charge in [-0.15, -0.1) is 0 Å². The van der Waals surface area contributed by atoms with Gasteiger partial charge in [-0.3, -0.25) is 0 Å². The van der Waals surface area contributed by atoms with Crippen molar-refractivity contribution in [1.29, 1.82) is 0 Å². The van der Waals surface area contributed by atoms with E-state index in [2.05, 4.69) is 37.3 Å². The second-order valence-electron chi connectivity index (χ2n) is 6.20. The Bertz CT molecular complexity index is 780. The molecule has 1 N–H and O–H groups in total. The number of ether oxygens (including phenoxy) is 1. The highest BCUT2D eigenvalue weighted by molar-refractivity contribution is 5.44. The summed E-state index contributed by atoms with van der Waals surface area (Å²) in [6.07, 6.45) is 0.629. The van der Waals surface area contributed by atoms with Crippen molar-refractivity contribution in [3.63, 3.8) is 0 Å². The summed E-state index contributed by atoms with van der Waals surface area (Å²) in [5, 5.41) is 9.73. The Labute approximate surface area is 149 Å². The van der Waals surface area contributed by atoms with Crippen molar-refractivity contribution in [1.82, 2.24) is 0 Å². The predicted molar refractivity (Wildman–Crippen MR) is 102 cm³/mol. The fourth-order valence-corrected chi connectivity index (χ4v) is 2.92. The van der Waals surface area contributed by atoms with Crippen molar-refractivity contribution >= 4 is 0 Å². The van der Waals surface area contributed by atoms with Crippen LogP contribution in [0.1, 0.15) is 22.3 Å². The van der Waals surface area contributed by atoms with Crippen molar-refractivity contribution in [2.24, 2.45) is 0 Å². The van der Waals surface area contributed by atoms with E-state index in [0.29, 0.717) is 13.0 Å². The smallest absolute Gasteiger partial charge is 0.126 e. The van der Waals surface area contributed by atoms with Crippen molar-refractivity contribution in [3.8, 4) is 5.75 Å². The van der Waals surface area contributed by atoms with Crippen LogP contribution in [0.5, 0.6) is 5.75 Å². The van der Waals surface area contributed by atoms with Crippen molar-refractivity contribution < 1.29 is 9.84 Å². The molecule has 2 nitrogen and oxygen atoms in total. The van der Waals surface area contributed by atoms with Gasteiger partial charge in [-0.2, -0.15) is 0 Å². The molecular weight excluding hydrogens is 308 g/mol. The zero-order valence-electron chi connectivity index (χ0n) is 14.3. The second kappa shape index (κ2) is 8.50. The Morgan fingerprint density at radius 3 is 2.00 bits per heavy atom. The molecule has 3 aromatic carbocycles. The minimum absolute atomic E-state index is 0.479. The third-order valence-electron chi connectivity index (χ3n) is 4.10. The van der Waals surface area contributed by atoms with E-state index in [1.807, 2.05) is 48.5 Å². The van der Waals surface area contributed by atoms with E-state index in [9.17, 15) is 5.11 Å². The fourth-order valence-electron chi connectivity index (χ4n) is 2.92. The summed E-state index contributed by atoms with van der Waals surface area (Å²) in [6, 6.07) is 26.6. The average Bonchev–Trinajstić information content (AvgIpc) is 2.62. The molecular formula is C23H23O2. The number of aliphatic hydroxyl groups is 1. The van der Waals surface area contributed by atoms with Gasteiger partial charge in [0.1, 0.15) is 12.4 Å². The van der Waals surface area contributed by atoms with E-state index in [0.717, 1.165) is 28.9 Å². The van der Waals surface area contributed by atoms with Gasteiger partial charge in [0.25, 0.3) is 0 Å². The Balaban J connectivity index is 1.87. The minimum atomic E-state index is -0.647. The zero-order valence-corrected chi connectivity index (χ0v) is 14.3. The van der Waals surface area contributed by atoms with Crippen molar-refractivity contribution in [2.45, 2.75) is 25.6 Å². The molecule has 3 rings (SSSR count). The normalized spacial score (nSPS) is 11.9. The van der Waals surface area contributed by atoms with E-state index in [4.69, 9.17) is 4.74 Å². The summed E-state index contributed by atoms with van der Waals surface area (Å²) in [5.41, 5.74) is 4.48. The molecule has 0 bridgehead atoms. The van der Waals surface area contributed by atoms with Crippen LogP contribution in [-0.2, 0) is 19.4 Å². The van der Waals surface area contributed by atoms with Crippen LogP contribution < -0.4 is 4.74 Å². The molecule has 1 radical (unpaired) electrons. The molecule has 0 aromatic heterocycles. The van der Waals surface area contributed by atoms with Gasteiger partial charge in [0.15, 0.2) is 0 Å². The number of rotatable bonds is 7. The van der Waals surface area contributed by atoms with Crippen LogP contribution in [0.15, 0.2) is 78.9 Å². The largest absolute Gasteiger partial charge is 0.488 e. The molecule has 0 saturated carbocycles. The number of benzene rings is 3. The molecule has 0 saturated heterocycles. The molecule has 2 heteroatoms. The van der Waals surface area contributed by atoms with E-state index in [-0.39, 0.29) is 0 Å². The van der Waals surface area contributed by atoms with Crippen LogP contribution in [0.2, 0.25) is 0 Å². The van der Waals surface area contributed by atoms with E-state index in [1.54, 1.807) is 0 Å². The summed E-state index contributed by atoms with van der Waals surface area (Å²) in [7, 11) is 0. The molecule has 0 heterocycles. The van der Waals surface area contributed by atoms with Crippen LogP contribution >= 0.6 is 0 Å². The highest BCUT2D eigenvalue weighted by Gasteiger charge is 2.13. The van der Waals surface area contributed by atoms with Crippen LogP contribution in [0, 0.1) is 6.92 Å². The number of para-hydroxylation sites is 1. The Hall–Kier alpha value is -2.58. The maximum atomic E-state index is 9.73. The average molecular weight is 331 g/mol. The van der Waals surface area contributed by atoms with E-state index < -0.39 is 6.10 Å². The minimum Gasteiger partial charge on any atom is -0.488 e. The lowest BCUT2D eigenvalue weighted by Crippen LogP contribution is -2.09. The van der Waals surface area contributed by atoms with Gasteiger partial charge in [-0.1, -0.05) is 78.9 Å². The Kier molecular flexibility index (Phi) is 5.86. The first-order chi connectivity index (χ1) is 12.2. The molecule has 0 amide bonds. The summed E-state index contributed by atoms with van der Waals surface area (Å²) >= 11 is 0. The first-order valence-electron chi connectivity index (χ1n) is 8.55. The summed E-state index contributed by atoms with van der Waals surface area (Å²) in [6.45, 7) is 4.21. The van der Waals surface area contributed by atoms with Crippen LogP contribution in [-0.4, -0.2) is 11.2 Å². The standard InChI is InChI=1S/C23H23O2/c1-18(24)15-21-13-8-14-22(16-19-9-4-2-5-10-19)23(21)25-17-20-11-6-3-7-12-20/h2-14,18,24H,1,15-17H2. The second-order valence-corrected chi connectivity index (χ2v) is 6.20. The van der Waals surface area contributed by atoms with E-state index >= 15 is 0 Å². The zero-order chi connectivity index (χ0) is 17.5. The van der Waals surface area contributed by atoms with Crippen molar-refractivity contribution in [2.75, 3.05) is 0 Å². The summed E-state index contributed by atoms with van der Waals surface area (Å²) in [5.74, 6) is 0.859. The SMILES string of the molecule is [CH2]C(O)Cc1cccc(Cc2ccccc2)c1OCc1ccccc1. The molecule has 3 aromatic rings. The Morgan fingerprint density at radius 2 is 1.36 bits per heavy atom. The number of hydrogen-bond acceptors (Lipinski definition) is 2. The van der Waals surface area contributed by atoms with E-state index in [1.165, 1.54) is 5.56 Å². The summed E-state index contributed by atoms with van der Waals surface area (Å²) < 4.78 is 6.19. The molecule has 0 fully saturated rings. The van der Waals surface area contributed by atoms with Gasteiger partial charge >= 0.3 is 0 Å². The lowest BCUT2D eigenvalue weighted by molar-refractivity contribution is 0.217. The first kappa shape index (κ1) is 17.2. The van der Waals surface area contributed by atoms with Gasteiger partial charge in [0.05, 0.1) is 6.10 Å². The molecule has 1 unspecified atom stereocenters. The maximum absolute atomic E-state index is 9.73. The predicted octanol–water partition coefficient (Wildman–Crippen LogP) is 4.59. The first-order valence-corrected chi connectivity index (χ1v) is 8.55. The van der Waals surface area contributed by atoms with Crippen LogP contribution in [0.4, 0.5) is 0 Å². The van der Waals surface area contributed by atoms with Gasteiger partial charge < -0.3 is 9.84 Å². The number of hydrogen-bond donors (Lipinski definition) is 1. The maximum Gasteiger partial charge on any atom is 0.126 e. The monoisotopic (exact) mass is 331 g/mol. The van der Waals surface area contributed by atoms with Gasteiger partial charge in [-0.05, 0) is 29.2 Å². The molecule has 0 aliphatic carbocycles. The molecule has 0 aliphatic rings. The Morgan fingerprint density at radius 1 is 0.760 bits per heavy atom. The quantitative estimate of drug-likeness (QED) is 0.686. The lowest BCUT2D eigenvalue weighted by Gasteiger charge is -2.17. The van der Waals surface area contributed by atoms with Gasteiger partial charge in [-0.25, -0.2) is 0 Å². The molecule has 1 atom stereocenters.